The number of ether oxygens (including phenoxy) is 2. The van der Waals surface area contributed by atoms with E-state index in [1.807, 2.05) is 49.5 Å². The van der Waals surface area contributed by atoms with Gasteiger partial charge in [-0.15, -0.1) is 0 Å². The lowest BCUT2D eigenvalue weighted by atomic mass is 10.1. The fourth-order valence-electron chi connectivity index (χ4n) is 2.01. The third kappa shape index (κ3) is 3.14. The van der Waals surface area contributed by atoms with Crippen LogP contribution >= 0.6 is 15.9 Å². The van der Waals surface area contributed by atoms with Crippen LogP contribution in [0, 0.1) is 0 Å². The van der Waals surface area contributed by atoms with Crippen molar-refractivity contribution in [3.8, 4) is 17.2 Å². The topological polar surface area (TPSA) is 30.5 Å². The van der Waals surface area contributed by atoms with Crippen molar-refractivity contribution >= 4 is 15.9 Å². The molecular formula is C16H18BrNO2. The summed E-state index contributed by atoms with van der Waals surface area (Å²) in [5.74, 6) is 2.39. The third-order valence-electron chi connectivity index (χ3n) is 3.17. The molecule has 0 amide bonds. The molecule has 0 bridgehead atoms. The monoisotopic (exact) mass is 335 g/mol. The molecular weight excluding hydrogens is 318 g/mol. The van der Waals surface area contributed by atoms with E-state index in [4.69, 9.17) is 9.47 Å². The molecule has 2 rings (SSSR count). The largest absolute Gasteiger partial charge is 0.496 e. The van der Waals surface area contributed by atoms with Gasteiger partial charge < -0.3 is 14.8 Å². The maximum atomic E-state index is 6.04. The number of methoxy groups -OCH3 is 1. The minimum absolute atomic E-state index is 0.128. The van der Waals surface area contributed by atoms with Gasteiger partial charge in [0, 0.05) is 6.04 Å². The van der Waals surface area contributed by atoms with Crippen LogP contribution in [0.25, 0.3) is 0 Å². The second kappa shape index (κ2) is 6.77. The van der Waals surface area contributed by atoms with Crippen molar-refractivity contribution in [3.63, 3.8) is 0 Å². The molecule has 3 nitrogen and oxygen atoms in total. The number of benzene rings is 2. The fraction of sp³-hybridized carbons (Fsp3) is 0.250. The van der Waals surface area contributed by atoms with Crippen LogP contribution < -0.4 is 14.8 Å². The number of halogens is 1. The first kappa shape index (κ1) is 14.9. The van der Waals surface area contributed by atoms with Crippen LogP contribution in [0.5, 0.6) is 17.2 Å². The molecule has 2 aromatic carbocycles. The molecule has 0 saturated carbocycles. The van der Waals surface area contributed by atoms with E-state index in [-0.39, 0.29) is 6.04 Å². The van der Waals surface area contributed by atoms with Crippen molar-refractivity contribution in [3.05, 3.63) is 52.5 Å². The summed E-state index contributed by atoms with van der Waals surface area (Å²) in [6.45, 7) is 2.07. The second-order valence-electron chi connectivity index (χ2n) is 4.41. The van der Waals surface area contributed by atoms with Crippen LogP contribution in [0.15, 0.2) is 46.9 Å². The average molecular weight is 336 g/mol. The van der Waals surface area contributed by atoms with Crippen LogP contribution in [0.2, 0.25) is 0 Å². The molecule has 2 aromatic rings. The lowest BCUT2D eigenvalue weighted by molar-refractivity contribution is 0.393. The summed E-state index contributed by atoms with van der Waals surface area (Å²) in [6, 6.07) is 13.7. The summed E-state index contributed by atoms with van der Waals surface area (Å²) in [6.07, 6.45) is 0. The second-order valence-corrected chi connectivity index (χ2v) is 5.27. The van der Waals surface area contributed by atoms with E-state index in [2.05, 4.69) is 28.2 Å². The van der Waals surface area contributed by atoms with E-state index in [0.29, 0.717) is 0 Å². The minimum Gasteiger partial charge on any atom is -0.496 e. The molecule has 1 N–H and O–H groups in total. The Balaban J connectivity index is 2.43. The number of hydrogen-bond donors (Lipinski definition) is 1. The summed E-state index contributed by atoms with van der Waals surface area (Å²) in [5, 5.41) is 3.23. The smallest absolute Gasteiger partial charge is 0.141 e. The first-order valence-electron chi connectivity index (χ1n) is 6.44. The molecule has 0 spiro atoms. The van der Waals surface area contributed by atoms with E-state index in [1.54, 1.807) is 7.11 Å². The van der Waals surface area contributed by atoms with Crippen LogP contribution in [-0.4, -0.2) is 14.2 Å². The normalized spacial score (nSPS) is 12.0. The number of nitrogens with one attached hydrogen (secondary N) is 1. The molecule has 0 aromatic heterocycles. The number of para-hydroxylation sites is 1. The van der Waals surface area contributed by atoms with Gasteiger partial charge in [-0.05, 0) is 54.2 Å². The third-order valence-corrected chi connectivity index (χ3v) is 3.82. The minimum atomic E-state index is 0.128. The summed E-state index contributed by atoms with van der Waals surface area (Å²) >= 11 is 3.50. The van der Waals surface area contributed by atoms with E-state index >= 15 is 0 Å². The molecule has 20 heavy (non-hydrogen) atoms. The zero-order chi connectivity index (χ0) is 14.5. The Bertz CT molecular complexity index is 586. The van der Waals surface area contributed by atoms with Crippen LogP contribution in [0.4, 0.5) is 0 Å². The highest BCUT2D eigenvalue weighted by atomic mass is 79.9. The summed E-state index contributed by atoms with van der Waals surface area (Å²) in [7, 11) is 3.59. The SMILES string of the molecule is CNC(C)c1c(OC)cccc1Oc1ccccc1Br. The molecule has 0 aliphatic heterocycles. The lowest BCUT2D eigenvalue weighted by Crippen LogP contribution is -2.14. The highest BCUT2D eigenvalue weighted by molar-refractivity contribution is 9.10. The quantitative estimate of drug-likeness (QED) is 0.870. The molecule has 0 fully saturated rings. The Hall–Kier alpha value is -1.52. The number of hydrogen-bond acceptors (Lipinski definition) is 3. The van der Waals surface area contributed by atoms with Gasteiger partial charge in [-0.1, -0.05) is 18.2 Å². The lowest BCUT2D eigenvalue weighted by Gasteiger charge is -2.19. The van der Waals surface area contributed by atoms with Gasteiger partial charge in [-0.3, -0.25) is 0 Å². The summed E-state index contributed by atoms with van der Waals surface area (Å²) in [5.41, 5.74) is 1.01. The van der Waals surface area contributed by atoms with Crippen LogP contribution in [0.1, 0.15) is 18.5 Å². The Morgan fingerprint density at radius 3 is 2.30 bits per heavy atom. The van der Waals surface area contributed by atoms with E-state index in [0.717, 1.165) is 27.3 Å². The molecule has 0 aliphatic rings. The average Bonchev–Trinajstić information content (AvgIpc) is 2.48. The van der Waals surface area contributed by atoms with Crippen molar-refractivity contribution in [1.82, 2.24) is 5.32 Å². The van der Waals surface area contributed by atoms with Crippen molar-refractivity contribution < 1.29 is 9.47 Å². The summed E-state index contributed by atoms with van der Waals surface area (Å²) < 4.78 is 12.4. The Morgan fingerprint density at radius 2 is 1.65 bits per heavy atom. The first-order valence-corrected chi connectivity index (χ1v) is 7.23. The number of rotatable bonds is 5. The van der Waals surface area contributed by atoms with Gasteiger partial charge in [0.2, 0.25) is 0 Å². The Kier molecular flexibility index (Phi) is 5.04. The molecule has 0 aliphatic carbocycles. The van der Waals surface area contributed by atoms with Crippen molar-refractivity contribution in [2.24, 2.45) is 0 Å². The predicted octanol–water partition coefficient (Wildman–Crippen LogP) is 4.53. The highest BCUT2D eigenvalue weighted by Crippen LogP contribution is 2.38. The van der Waals surface area contributed by atoms with Crippen molar-refractivity contribution in [2.75, 3.05) is 14.2 Å². The van der Waals surface area contributed by atoms with E-state index in [9.17, 15) is 0 Å². The van der Waals surface area contributed by atoms with Gasteiger partial charge in [0.1, 0.15) is 17.2 Å². The van der Waals surface area contributed by atoms with Gasteiger partial charge in [-0.2, -0.15) is 0 Å². The molecule has 4 heteroatoms. The maximum Gasteiger partial charge on any atom is 0.141 e. The summed E-state index contributed by atoms with van der Waals surface area (Å²) in [4.78, 5) is 0. The van der Waals surface area contributed by atoms with Gasteiger partial charge in [0.15, 0.2) is 0 Å². The molecule has 0 radical (unpaired) electrons. The van der Waals surface area contributed by atoms with Gasteiger partial charge >= 0.3 is 0 Å². The van der Waals surface area contributed by atoms with Crippen LogP contribution in [0.3, 0.4) is 0 Å². The molecule has 0 heterocycles. The molecule has 1 atom stereocenters. The Labute approximate surface area is 128 Å². The molecule has 106 valence electrons. The van der Waals surface area contributed by atoms with E-state index < -0.39 is 0 Å². The van der Waals surface area contributed by atoms with Gasteiger partial charge in [0.05, 0.1) is 17.1 Å². The Morgan fingerprint density at radius 1 is 1.00 bits per heavy atom. The zero-order valence-electron chi connectivity index (χ0n) is 11.8. The maximum absolute atomic E-state index is 6.04. The van der Waals surface area contributed by atoms with E-state index in [1.165, 1.54) is 0 Å². The van der Waals surface area contributed by atoms with Gasteiger partial charge in [-0.25, -0.2) is 0 Å². The highest BCUT2D eigenvalue weighted by Gasteiger charge is 2.17. The first-order chi connectivity index (χ1) is 9.67. The molecule has 0 saturated heterocycles. The van der Waals surface area contributed by atoms with Crippen molar-refractivity contribution in [2.45, 2.75) is 13.0 Å². The van der Waals surface area contributed by atoms with Crippen molar-refractivity contribution in [1.29, 1.82) is 0 Å². The zero-order valence-corrected chi connectivity index (χ0v) is 13.4. The molecule has 1 unspecified atom stereocenters. The predicted molar refractivity (Wildman–Crippen MR) is 84.7 cm³/mol. The standard InChI is InChI=1S/C16H18BrNO2/c1-11(18-2)16-14(19-3)9-6-10-15(16)20-13-8-5-4-7-12(13)17/h4-11,18H,1-3H3. The van der Waals surface area contributed by atoms with Gasteiger partial charge in [0.25, 0.3) is 0 Å². The van der Waals surface area contributed by atoms with Crippen LogP contribution in [-0.2, 0) is 0 Å². The fourth-order valence-corrected chi connectivity index (χ4v) is 2.37.